The number of allylic oxidation sites excluding steroid dienone is 4. The molecule has 6 N–H and O–H groups in total. The normalized spacial score (nSPS) is 23.0. The molecule has 57 heavy (non-hydrogen) atoms. The average Bonchev–Trinajstić information content (AvgIpc) is 3.19. The van der Waals surface area contributed by atoms with Gasteiger partial charge in [-0.15, -0.1) is 0 Å². The van der Waals surface area contributed by atoms with Crippen LogP contribution < -0.4 is 0 Å². The summed E-state index contributed by atoms with van der Waals surface area (Å²) in [6.45, 7) is 4.22. The molecular weight excluding hydrogens is 751 g/mol. The zero-order valence-corrected chi connectivity index (χ0v) is 36.5. The smallest absolute Gasteiger partial charge is 0.457 e. The Balaban J connectivity index is 2.39. The quantitative estimate of drug-likeness (QED) is 0.0150. The molecule has 1 aliphatic carbocycles. The molecule has 0 saturated heterocycles. The Hall–Kier alpha value is -1.18. The lowest BCUT2D eigenvalue weighted by Gasteiger charge is -2.41. The van der Waals surface area contributed by atoms with E-state index >= 15 is 0 Å². The molecule has 1 fully saturated rings. The monoisotopic (exact) mass is 835 g/mol. The number of phosphoric acid groups is 1. The van der Waals surface area contributed by atoms with E-state index in [-0.39, 0.29) is 13.0 Å². The molecule has 336 valence electrons. The molecule has 0 heterocycles. The Morgan fingerprint density at radius 1 is 0.561 bits per heavy atom. The Morgan fingerprint density at radius 2 is 0.982 bits per heavy atom. The van der Waals surface area contributed by atoms with Gasteiger partial charge in [0.15, 0.2) is 0 Å². The molecule has 0 amide bonds. The van der Waals surface area contributed by atoms with E-state index in [0.717, 1.165) is 57.8 Å². The number of hydrogen-bond donors (Lipinski definition) is 6. The van der Waals surface area contributed by atoms with Crippen LogP contribution in [0.3, 0.4) is 0 Å². The number of ether oxygens (including phenoxy) is 2. The van der Waals surface area contributed by atoms with Gasteiger partial charge < -0.3 is 39.9 Å². The van der Waals surface area contributed by atoms with E-state index in [1.165, 1.54) is 103 Å². The average molecular weight is 835 g/mol. The molecule has 0 aromatic heterocycles. The molecule has 0 bridgehead atoms. The van der Waals surface area contributed by atoms with E-state index in [2.05, 4.69) is 38.2 Å². The lowest BCUT2D eigenvalue weighted by molar-refractivity contribution is -0.220. The fraction of sp³-hybridized carbons (Fsp3) is 0.886. The zero-order valence-electron chi connectivity index (χ0n) is 35.6. The molecule has 13 heteroatoms. The van der Waals surface area contributed by atoms with Crippen molar-refractivity contribution in [2.45, 2.75) is 230 Å². The minimum absolute atomic E-state index is 0.0772. The van der Waals surface area contributed by atoms with Gasteiger partial charge in [-0.25, -0.2) is 4.57 Å². The standard InChI is InChI=1S/C44H83O12P/c1-3-5-7-9-11-13-15-17-18-19-20-21-22-24-26-28-30-32-34-53-35-37(55-38(45)33-31-29-27-25-23-16-14-12-10-8-6-4-2)36-54-57(51,52)56-44-42(49)40(47)39(46)41(48)43(44)50/h11,13,17-18,37,39-44,46-50H,3-10,12,14-16,19-36H2,1-2H3,(H,51,52)/b13-11-,18-17-. The summed E-state index contributed by atoms with van der Waals surface area (Å²) < 4.78 is 34.1. The third kappa shape index (κ3) is 28.1. The summed E-state index contributed by atoms with van der Waals surface area (Å²) in [7, 11) is -5.01. The first kappa shape index (κ1) is 53.8. The van der Waals surface area contributed by atoms with Crippen molar-refractivity contribution in [1.29, 1.82) is 0 Å². The highest BCUT2D eigenvalue weighted by Gasteiger charge is 2.51. The van der Waals surface area contributed by atoms with Crippen LogP contribution in [0.1, 0.15) is 187 Å². The van der Waals surface area contributed by atoms with E-state index in [4.69, 9.17) is 18.5 Å². The molecule has 0 aliphatic heterocycles. The highest BCUT2D eigenvalue weighted by Crippen LogP contribution is 2.47. The fourth-order valence-electron chi connectivity index (χ4n) is 6.91. The van der Waals surface area contributed by atoms with Crippen LogP contribution in [0.4, 0.5) is 0 Å². The SMILES string of the molecule is CCCCC/C=C\C/C=C\CCCCCCCCCCOCC(COP(=O)(O)OC1C(O)C(O)C(O)C(O)C1O)OC(=O)CCCCCCCCCCCCCC. The van der Waals surface area contributed by atoms with Gasteiger partial charge in [-0.2, -0.15) is 0 Å². The molecule has 1 rings (SSSR count). The second-order valence-electron chi connectivity index (χ2n) is 15.9. The zero-order chi connectivity index (χ0) is 42.0. The second-order valence-corrected chi connectivity index (χ2v) is 17.3. The van der Waals surface area contributed by atoms with Gasteiger partial charge in [-0.3, -0.25) is 13.8 Å². The summed E-state index contributed by atoms with van der Waals surface area (Å²) in [5.41, 5.74) is 0. The van der Waals surface area contributed by atoms with Gasteiger partial charge in [0.25, 0.3) is 0 Å². The van der Waals surface area contributed by atoms with Crippen molar-refractivity contribution in [2.24, 2.45) is 0 Å². The van der Waals surface area contributed by atoms with Crippen LogP contribution in [0, 0.1) is 0 Å². The van der Waals surface area contributed by atoms with E-state index in [0.29, 0.717) is 13.0 Å². The van der Waals surface area contributed by atoms with Crippen LogP contribution in [0.2, 0.25) is 0 Å². The number of esters is 1. The second kappa shape index (κ2) is 35.6. The maximum atomic E-state index is 12.8. The van der Waals surface area contributed by atoms with Crippen molar-refractivity contribution in [2.75, 3.05) is 19.8 Å². The van der Waals surface area contributed by atoms with Gasteiger partial charge in [-0.1, -0.05) is 160 Å². The van der Waals surface area contributed by atoms with E-state index in [1.54, 1.807) is 0 Å². The van der Waals surface area contributed by atoms with Crippen molar-refractivity contribution < 1.29 is 58.3 Å². The van der Waals surface area contributed by atoms with Gasteiger partial charge in [-0.05, 0) is 44.9 Å². The molecule has 12 nitrogen and oxygen atoms in total. The maximum Gasteiger partial charge on any atom is 0.472 e. The first-order valence-electron chi connectivity index (χ1n) is 22.7. The van der Waals surface area contributed by atoms with Crippen molar-refractivity contribution in [3.63, 3.8) is 0 Å². The molecule has 0 aromatic rings. The van der Waals surface area contributed by atoms with Crippen LogP contribution in [0.5, 0.6) is 0 Å². The van der Waals surface area contributed by atoms with Crippen LogP contribution >= 0.6 is 7.82 Å². The van der Waals surface area contributed by atoms with E-state index < -0.39 is 63.1 Å². The largest absolute Gasteiger partial charge is 0.472 e. The van der Waals surface area contributed by atoms with E-state index in [1.807, 2.05) is 0 Å². The topological polar surface area (TPSA) is 192 Å². The Bertz CT molecular complexity index is 1040. The highest BCUT2D eigenvalue weighted by atomic mass is 31.2. The minimum Gasteiger partial charge on any atom is -0.457 e. The molecular formula is C44H83O12P. The molecule has 6 atom stereocenters. The lowest BCUT2D eigenvalue weighted by atomic mass is 9.85. The molecule has 0 radical (unpaired) electrons. The molecule has 6 unspecified atom stereocenters. The van der Waals surface area contributed by atoms with Crippen molar-refractivity contribution in [1.82, 2.24) is 0 Å². The predicted octanol–water partition coefficient (Wildman–Crippen LogP) is 8.92. The molecule has 0 spiro atoms. The van der Waals surface area contributed by atoms with Gasteiger partial charge in [0.2, 0.25) is 0 Å². The Labute approximate surface area is 345 Å². The number of rotatable bonds is 38. The number of hydrogen-bond acceptors (Lipinski definition) is 11. The highest BCUT2D eigenvalue weighted by molar-refractivity contribution is 7.47. The van der Waals surface area contributed by atoms with Gasteiger partial charge >= 0.3 is 13.8 Å². The first-order chi connectivity index (χ1) is 27.5. The minimum atomic E-state index is -5.01. The van der Waals surface area contributed by atoms with Crippen molar-refractivity contribution in [3.8, 4) is 0 Å². The molecule has 1 aliphatic rings. The molecule has 1 saturated carbocycles. The summed E-state index contributed by atoms with van der Waals surface area (Å²) in [5, 5.41) is 50.1. The van der Waals surface area contributed by atoms with E-state index in [9.17, 15) is 39.8 Å². The Morgan fingerprint density at radius 3 is 1.51 bits per heavy atom. The molecule has 0 aromatic carbocycles. The van der Waals surface area contributed by atoms with Crippen molar-refractivity contribution in [3.05, 3.63) is 24.3 Å². The summed E-state index contributed by atoms with van der Waals surface area (Å²) in [4.78, 5) is 23.1. The third-order valence-electron chi connectivity index (χ3n) is 10.6. The van der Waals surface area contributed by atoms with Crippen LogP contribution in [0.25, 0.3) is 0 Å². The van der Waals surface area contributed by atoms with Gasteiger partial charge in [0, 0.05) is 13.0 Å². The van der Waals surface area contributed by atoms with Gasteiger partial charge in [0.1, 0.15) is 42.7 Å². The number of carbonyl (C=O) groups excluding carboxylic acids is 1. The summed E-state index contributed by atoms with van der Waals surface area (Å²) in [5.74, 6) is -0.479. The lowest BCUT2D eigenvalue weighted by Crippen LogP contribution is -2.64. The fourth-order valence-corrected chi connectivity index (χ4v) is 7.89. The van der Waals surface area contributed by atoms with Crippen LogP contribution in [0.15, 0.2) is 24.3 Å². The van der Waals surface area contributed by atoms with Crippen LogP contribution in [-0.2, 0) is 27.9 Å². The van der Waals surface area contributed by atoms with Gasteiger partial charge in [0.05, 0.1) is 13.2 Å². The summed E-state index contributed by atoms with van der Waals surface area (Å²) >= 11 is 0. The summed E-state index contributed by atoms with van der Waals surface area (Å²) in [6.07, 6.45) is 26.7. The van der Waals surface area contributed by atoms with Crippen molar-refractivity contribution >= 4 is 13.8 Å². The number of carbonyl (C=O) groups is 1. The first-order valence-corrected chi connectivity index (χ1v) is 24.2. The number of aliphatic hydroxyl groups is 5. The maximum absolute atomic E-state index is 12.8. The Kier molecular flexibility index (Phi) is 33.6. The number of unbranched alkanes of at least 4 members (excludes halogenated alkanes) is 22. The van der Waals surface area contributed by atoms with Crippen LogP contribution in [-0.4, -0.2) is 98.9 Å². The predicted molar refractivity (Wildman–Crippen MR) is 226 cm³/mol. The number of aliphatic hydroxyl groups excluding tert-OH is 5. The summed E-state index contributed by atoms with van der Waals surface area (Å²) in [6, 6.07) is 0. The third-order valence-corrected chi connectivity index (χ3v) is 11.6. The number of phosphoric ester groups is 1.